The number of nitrogens with zero attached hydrogens (tertiary/aromatic N) is 5. The molecule has 0 unspecified atom stereocenters. The highest BCUT2D eigenvalue weighted by Crippen LogP contribution is 2.20. The standard InChI is InChI=1S/C27H32N6O3/c1-20-10-12-29-26-25(20)32-14-3-5-23(32)27(35)33(26)19-24(34)28-11-4-13-30-15-17-31(18-16-30)21-6-8-22(36-2)9-7-21/h3,5-10,12,14H,4,11,13,15-19H2,1-2H3,(H,28,34)/i2D3. The smallest absolute Gasteiger partial charge is 0.276 e. The summed E-state index contributed by atoms with van der Waals surface area (Å²) < 4.78 is 29.8. The normalized spacial score (nSPS) is 16.0. The number of methoxy groups -OCH3 is 1. The fraction of sp³-hybridized carbons (Fsp3) is 0.370. The average molecular weight is 492 g/mol. The summed E-state index contributed by atoms with van der Waals surface area (Å²) in [6, 6.07) is 12.6. The van der Waals surface area contributed by atoms with Gasteiger partial charge in [-0.1, -0.05) is 0 Å². The van der Waals surface area contributed by atoms with Crippen molar-refractivity contribution in [1.29, 1.82) is 0 Å². The summed E-state index contributed by atoms with van der Waals surface area (Å²) in [7, 11) is -2.45. The molecule has 0 aliphatic carbocycles. The maximum atomic E-state index is 13.1. The van der Waals surface area contributed by atoms with Crippen molar-refractivity contribution < 1.29 is 13.6 Å². The lowest BCUT2D eigenvalue weighted by Crippen LogP contribution is -2.47. The Labute approximate surface area is 214 Å². The number of hydrogen-bond acceptors (Lipinski definition) is 6. The molecule has 1 aliphatic rings. The third-order valence-corrected chi connectivity index (χ3v) is 6.78. The van der Waals surface area contributed by atoms with E-state index in [-0.39, 0.29) is 18.0 Å². The number of amides is 1. The van der Waals surface area contributed by atoms with E-state index in [2.05, 4.69) is 20.1 Å². The summed E-state index contributed by atoms with van der Waals surface area (Å²) in [5, 5.41) is 2.95. The van der Waals surface area contributed by atoms with Crippen LogP contribution in [0.15, 0.2) is 59.7 Å². The van der Waals surface area contributed by atoms with Crippen LogP contribution in [0.3, 0.4) is 0 Å². The van der Waals surface area contributed by atoms with Gasteiger partial charge >= 0.3 is 0 Å². The first kappa shape index (κ1) is 20.4. The lowest BCUT2D eigenvalue weighted by atomic mass is 10.2. The zero-order valence-corrected chi connectivity index (χ0v) is 20.3. The molecule has 0 radical (unpaired) electrons. The van der Waals surface area contributed by atoms with E-state index < -0.39 is 7.04 Å². The van der Waals surface area contributed by atoms with Crippen LogP contribution in [0.4, 0.5) is 5.69 Å². The first-order chi connectivity index (χ1) is 18.7. The van der Waals surface area contributed by atoms with Crippen LogP contribution in [0.25, 0.3) is 16.7 Å². The van der Waals surface area contributed by atoms with Gasteiger partial charge in [-0.3, -0.25) is 19.1 Å². The monoisotopic (exact) mass is 491 g/mol. The second-order valence-electron chi connectivity index (χ2n) is 9.08. The molecule has 0 atom stereocenters. The number of rotatable bonds is 8. The van der Waals surface area contributed by atoms with Gasteiger partial charge in [-0.15, -0.1) is 0 Å². The highest BCUT2D eigenvalue weighted by Gasteiger charge is 2.18. The minimum Gasteiger partial charge on any atom is -0.497 e. The Balaban J connectivity index is 1.09. The topological polar surface area (TPSA) is 84.1 Å². The molecule has 0 saturated carbocycles. The molecule has 1 N–H and O–H groups in total. The van der Waals surface area contributed by atoms with Gasteiger partial charge in [0.2, 0.25) is 5.91 Å². The summed E-state index contributed by atoms with van der Waals surface area (Å²) in [6.45, 7) is 6.77. The SMILES string of the molecule is [2H]C([2H])([2H])Oc1ccc(N2CCN(CCCNC(=O)Cn3c(=O)c4cccn4c4c(C)ccnc43)CC2)cc1. The molecule has 9 heteroatoms. The Hall–Kier alpha value is -3.85. The molecule has 0 bridgehead atoms. The molecule has 188 valence electrons. The van der Waals surface area contributed by atoms with Gasteiger partial charge in [0.25, 0.3) is 5.56 Å². The number of aryl methyl sites for hydroxylation is 1. The number of benzene rings is 1. The largest absolute Gasteiger partial charge is 0.497 e. The molecule has 1 saturated heterocycles. The van der Waals surface area contributed by atoms with E-state index in [1.807, 2.05) is 41.8 Å². The predicted molar refractivity (Wildman–Crippen MR) is 141 cm³/mol. The van der Waals surface area contributed by atoms with Gasteiger partial charge in [-0.25, -0.2) is 4.98 Å². The second-order valence-corrected chi connectivity index (χ2v) is 9.08. The van der Waals surface area contributed by atoms with Crippen LogP contribution in [0.2, 0.25) is 0 Å². The number of hydrogen-bond donors (Lipinski definition) is 1. The summed E-state index contributed by atoms with van der Waals surface area (Å²) in [4.78, 5) is 34.9. The quantitative estimate of drug-likeness (QED) is 0.381. The number of aromatic nitrogens is 3. The van der Waals surface area contributed by atoms with Crippen LogP contribution in [0.5, 0.6) is 5.75 Å². The van der Waals surface area contributed by atoms with E-state index in [4.69, 9.17) is 8.85 Å². The number of piperazine rings is 1. The number of fused-ring (bicyclic) bond motifs is 3. The van der Waals surface area contributed by atoms with Gasteiger partial charge < -0.3 is 19.4 Å². The van der Waals surface area contributed by atoms with Crippen LogP contribution in [-0.2, 0) is 11.3 Å². The molecular weight excluding hydrogens is 456 g/mol. The molecule has 0 spiro atoms. The summed E-state index contributed by atoms with van der Waals surface area (Å²) >= 11 is 0. The van der Waals surface area contributed by atoms with Crippen LogP contribution >= 0.6 is 0 Å². The Morgan fingerprint density at radius 3 is 2.72 bits per heavy atom. The number of pyridine rings is 1. The number of anilines is 1. The number of carbonyl (C=O) groups excluding carboxylic acids is 1. The number of ether oxygens (including phenoxy) is 1. The van der Waals surface area contributed by atoms with Gasteiger partial charge in [0.05, 0.1) is 16.7 Å². The van der Waals surface area contributed by atoms with E-state index >= 15 is 0 Å². The van der Waals surface area contributed by atoms with Crippen molar-refractivity contribution in [2.45, 2.75) is 19.9 Å². The van der Waals surface area contributed by atoms with Crippen molar-refractivity contribution in [3.8, 4) is 5.75 Å². The molecule has 4 aromatic rings. The van der Waals surface area contributed by atoms with Crippen molar-refractivity contribution in [2.24, 2.45) is 0 Å². The fourth-order valence-electron chi connectivity index (χ4n) is 4.85. The second kappa shape index (κ2) is 10.4. The molecule has 1 amide bonds. The average Bonchev–Trinajstić information content (AvgIpc) is 3.39. The van der Waals surface area contributed by atoms with Crippen molar-refractivity contribution in [2.75, 3.05) is 51.2 Å². The van der Waals surface area contributed by atoms with Crippen molar-refractivity contribution >= 4 is 28.3 Å². The Bertz CT molecular complexity index is 1520. The first-order valence-corrected chi connectivity index (χ1v) is 12.2. The van der Waals surface area contributed by atoms with Crippen LogP contribution in [-0.4, -0.2) is 71.1 Å². The summed E-state index contributed by atoms with van der Waals surface area (Å²) in [6.07, 6.45) is 4.30. The van der Waals surface area contributed by atoms with E-state index in [0.717, 1.165) is 55.9 Å². The van der Waals surface area contributed by atoms with Gasteiger partial charge in [0.1, 0.15) is 17.8 Å². The minimum absolute atomic E-state index is 0.0810. The third kappa shape index (κ3) is 4.79. The van der Waals surface area contributed by atoms with Crippen molar-refractivity contribution in [3.05, 3.63) is 70.8 Å². The molecule has 1 fully saturated rings. The Kier molecular flexibility index (Phi) is 5.89. The predicted octanol–water partition coefficient (Wildman–Crippen LogP) is 2.29. The highest BCUT2D eigenvalue weighted by atomic mass is 16.5. The van der Waals surface area contributed by atoms with E-state index in [1.54, 1.807) is 24.4 Å². The molecule has 5 rings (SSSR count). The molecule has 3 aromatic heterocycles. The number of nitrogens with one attached hydrogen (secondary N) is 1. The van der Waals surface area contributed by atoms with Crippen LogP contribution in [0.1, 0.15) is 16.1 Å². The van der Waals surface area contributed by atoms with Crippen molar-refractivity contribution in [3.63, 3.8) is 0 Å². The first-order valence-electron chi connectivity index (χ1n) is 13.7. The molecular formula is C27H32N6O3. The third-order valence-electron chi connectivity index (χ3n) is 6.78. The lowest BCUT2D eigenvalue weighted by molar-refractivity contribution is -0.121. The molecule has 36 heavy (non-hydrogen) atoms. The Morgan fingerprint density at radius 1 is 1.14 bits per heavy atom. The zero-order valence-electron chi connectivity index (χ0n) is 23.3. The van der Waals surface area contributed by atoms with Gasteiger partial charge in [-0.2, -0.15) is 0 Å². The minimum atomic E-state index is -2.45. The molecule has 9 nitrogen and oxygen atoms in total. The summed E-state index contributed by atoms with van der Waals surface area (Å²) in [5.41, 5.74) is 3.61. The van der Waals surface area contributed by atoms with Gasteiger partial charge in [0, 0.05) is 50.8 Å². The van der Waals surface area contributed by atoms with E-state index in [0.29, 0.717) is 23.5 Å². The zero-order chi connectivity index (χ0) is 27.6. The maximum absolute atomic E-state index is 13.1. The maximum Gasteiger partial charge on any atom is 0.276 e. The number of carbonyl (C=O) groups is 1. The molecule has 1 aromatic carbocycles. The molecule has 4 heterocycles. The molecule has 1 aliphatic heterocycles. The van der Waals surface area contributed by atoms with E-state index in [1.165, 1.54) is 4.57 Å². The lowest BCUT2D eigenvalue weighted by Gasteiger charge is -2.36. The van der Waals surface area contributed by atoms with Crippen LogP contribution < -0.4 is 20.5 Å². The Morgan fingerprint density at radius 2 is 1.94 bits per heavy atom. The van der Waals surface area contributed by atoms with Gasteiger partial charge in [0.15, 0.2) is 5.65 Å². The van der Waals surface area contributed by atoms with Crippen molar-refractivity contribution in [1.82, 2.24) is 24.2 Å². The van der Waals surface area contributed by atoms with Crippen LogP contribution in [0, 0.1) is 6.92 Å². The van der Waals surface area contributed by atoms with E-state index in [9.17, 15) is 9.59 Å². The fourth-order valence-corrected chi connectivity index (χ4v) is 4.85. The van der Waals surface area contributed by atoms with Gasteiger partial charge in [-0.05, 0) is 67.9 Å². The highest BCUT2D eigenvalue weighted by molar-refractivity contribution is 5.82. The summed E-state index contributed by atoms with van der Waals surface area (Å²) in [5.74, 6) is 0.114.